The van der Waals surface area contributed by atoms with Crippen molar-refractivity contribution < 1.29 is 0 Å². The fourth-order valence-corrected chi connectivity index (χ4v) is 10.3. The Labute approximate surface area is 335 Å². The molecule has 0 spiro atoms. The van der Waals surface area contributed by atoms with Crippen molar-refractivity contribution in [2.45, 2.75) is 38.5 Å². The summed E-state index contributed by atoms with van der Waals surface area (Å²) < 4.78 is 0. The molecule has 9 aromatic carbocycles. The average Bonchev–Trinajstić information content (AvgIpc) is 3.63. The lowest BCUT2D eigenvalue weighted by atomic mass is 9.80. The molecule has 57 heavy (non-hydrogen) atoms. The van der Waals surface area contributed by atoms with Crippen LogP contribution in [0.5, 0.6) is 0 Å². The Morgan fingerprint density at radius 1 is 0.333 bits per heavy atom. The molecular weight excluding hydrogens is 687 g/mol. The van der Waals surface area contributed by atoms with E-state index in [1.54, 1.807) is 0 Å². The number of anilines is 3. The fourth-order valence-electron chi connectivity index (χ4n) is 10.3. The Hall–Kier alpha value is -6.70. The minimum absolute atomic E-state index is 0.0554. The number of nitrogens with zero attached hydrogens (tertiary/aromatic N) is 1. The standard InChI is InChI=1S/C56H43N/c1-55(2)50-23-11-10-20-46(50)49-34-41(30-33-51(49)55)57(42-29-32-47-48-31-26-37-16-8-9-19-45(37)54(48)56(3,4)52(47)35-42)40-27-24-38(25-28-40)44-22-13-18-39-17-12-21-43(53(39)44)36-14-6-5-7-15-36/h5-35H,1-4H3. The van der Waals surface area contributed by atoms with Crippen molar-refractivity contribution in [1.29, 1.82) is 0 Å². The quantitative estimate of drug-likeness (QED) is 0.170. The molecule has 2 aliphatic carbocycles. The Morgan fingerprint density at radius 3 is 1.68 bits per heavy atom. The van der Waals surface area contributed by atoms with E-state index in [4.69, 9.17) is 0 Å². The molecule has 11 rings (SSSR count). The molecule has 0 fully saturated rings. The van der Waals surface area contributed by atoms with E-state index in [1.807, 2.05) is 0 Å². The first-order valence-electron chi connectivity index (χ1n) is 20.2. The van der Waals surface area contributed by atoms with Crippen LogP contribution >= 0.6 is 0 Å². The molecule has 0 saturated carbocycles. The summed E-state index contributed by atoms with van der Waals surface area (Å²) in [5.74, 6) is 0. The largest absolute Gasteiger partial charge is 0.310 e. The molecule has 1 heteroatoms. The first-order chi connectivity index (χ1) is 27.8. The summed E-state index contributed by atoms with van der Waals surface area (Å²) in [4.78, 5) is 2.47. The summed E-state index contributed by atoms with van der Waals surface area (Å²) in [5.41, 5.74) is 19.0. The normalized spacial score (nSPS) is 14.2. The van der Waals surface area contributed by atoms with Gasteiger partial charge in [0.1, 0.15) is 0 Å². The summed E-state index contributed by atoms with van der Waals surface area (Å²) in [6.45, 7) is 9.51. The van der Waals surface area contributed by atoms with E-state index in [0.29, 0.717) is 0 Å². The third-order valence-corrected chi connectivity index (χ3v) is 13.0. The number of fused-ring (bicyclic) bond motifs is 9. The summed E-state index contributed by atoms with van der Waals surface area (Å²) in [6, 6.07) is 70.0. The lowest BCUT2D eigenvalue weighted by Gasteiger charge is -2.29. The van der Waals surface area contributed by atoms with E-state index in [9.17, 15) is 0 Å². The Kier molecular flexibility index (Phi) is 7.32. The van der Waals surface area contributed by atoms with Gasteiger partial charge in [-0.1, -0.05) is 179 Å². The molecule has 0 heterocycles. The maximum Gasteiger partial charge on any atom is 0.0468 e. The van der Waals surface area contributed by atoms with Crippen molar-refractivity contribution in [3.63, 3.8) is 0 Å². The van der Waals surface area contributed by atoms with E-state index in [2.05, 4.69) is 221 Å². The van der Waals surface area contributed by atoms with Gasteiger partial charge in [-0.15, -0.1) is 0 Å². The van der Waals surface area contributed by atoms with Crippen LogP contribution in [-0.4, -0.2) is 0 Å². The van der Waals surface area contributed by atoms with E-state index < -0.39 is 0 Å². The molecule has 0 aromatic heterocycles. The van der Waals surface area contributed by atoms with Crippen molar-refractivity contribution in [1.82, 2.24) is 0 Å². The smallest absolute Gasteiger partial charge is 0.0468 e. The van der Waals surface area contributed by atoms with Crippen molar-refractivity contribution >= 4 is 38.6 Å². The first-order valence-corrected chi connectivity index (χ1v) is 20.2. The first kappa shape index (κ1) is 33.6. The molecule has 9 aromatic rings. The van der Waals surface area contributed by atoms with Gasteiger partial charge >= 0.3 is 0 Å². The van der Waals surface area contributed by atoms with E-state index in [0.717, 1.165) is 17.1 Å². The highest BCUT2D eigenvalue weighted by Gasteiger charge is 2.38. The van der Waals surface area contributed by atoms with Crippen molar-refractivity contribution in [3.8, 4) is 44.5 Å². The van der Waals surface area contributed by atoms with Crippen LogP contribution in [0.15, 0.2) is 188 Å². The van der Waals surface area contributed by atoms with Crippen LogP contribution in [0.2, 0.25) is 0 Å². The van der Waals surface area contributed by atoms with Crippen LogP contribution in [0.25, 0.3) is 66.1 Å². The Morgan fingerprint density at radius 2 is 0.895 bits per heavy atom. The molecular formula is C56H43N. The highest BCUT2D eigenvalue weighted by atomic mass is 15.1. The molecule has 0 saturated heterocycles. The van der Waals surface area contributed by atoms with Crippen LogP contribution in [0.4, 0.5) is 17.1 Å². The van der Waals surface area contributed by atoms with Crippen molar-refractivity contribution in [2.24, 2.45) is 0 Å². The predicted octanol–water partition coefficient (Wildman–Crippen LogP) is 15.4. The van der Waals surface area contributed by atoms with Gasteiger partial charge in [0.2, 0.25) is 0 Å². The SMILES string of the molecule is CC1(C)c2ccccc2-c2cc(N(c3ccc(-c4cccc5cccc(-c6ccccc6)c45)cc3)c3ccc4c(c3)C(C)(C)c3c-4ccc4ccccc34)ccc21. The van der Waals surface area contributed by atoms with Gasteiger partial charge in [0.15, 0.2) is 0 Å². The lowest BCUT2D eigenvalue weighted by molar-refractivity contribution is 0.660. The summed E-state index contributed by atoms with van der Waals surface area (Å²) in [5, 5.41) is 5.16. The second-order valence-corrected chi connectivity index (χ2v) is 16.9. The number of benzene rings is 9. The molecule has 2 aliphatic rings. The molecule has 0 N–H and O–H groups in total. The number of hydrogen-bond acceptors (Lipinski definition) is 1. The highest BCUT2D eigenvalue weighted by Crippen LogP contribution is 2.54. The minimum Gasteiger partial charge on any atom is -0.310 e. The van der Waals surface area contributed by atoms with Crippen LogP contribution in [0, 0.1) is 0 Å². The van der Waals surface area contributed by atoms with E-state index in [1.165, 1.54) is 88.3 Å². The van der Waals surface area contributed by atoms with Gasteiger partial charge < -0.3 is 4.90 Å². The second kappa shape index (κ2) is 12.4. The van der Waals surface area contributed by atoms with Crippen LogP contribution < -0.4 is 4.90 Å². The van der Waals surface area contributed by atoms with Gasteiger partial charge in [-0.05, 0) is 125 Å². The zero-order valence-electron chi connectivity index (χ0n) is 32.8. The third-order valence-electron chi connectivity index (χ3n) is 13.0. The minimum atomic E-state index is -0.164. The van der Waals surface area contributed by atoms with Gasteiger partial charge in [-0.2, -0.15) is 0 Å². The maximum absolute atomic E-state index is 2.47. The fraction of sp³-hybridized carbons (Fsp3) is 0.107. The van der Waals surface area contributed by atoms with Crippen molar-refractivity contribution in [2.75, 3.05) is 4.90 Å². The second-order valence-electron chi connectivity index (χ2n) is 16.9. The van der Waals surface area contributed by atoms with E-state index >= 15 is 0 Å². The molecule has 0 atom stereocenters. The molecule has 0 bridgehead atoms. The zero-order valence-corrected chi connectivity index (χ0v) is 32.8. The van der Waals surface area contributed by atoms with Crippen molar-refractivity contribution in [3.05, 3.63) is 210 Å². The van der Waals surface area contributed by atoms with Gasteiger partial charge in [-0.3, -0.25) is 0 Å². The Balaban J connectivity index is 1.08. The van der Waals surface area contributed by atoms with Gasteiger partial charge in [0, 0.05) is 27.9 Å². The topological polar surface area (TPSA) is 3.24 Å². The van der Waals surface area contributed by atoms with Crippen LogP contribution in [-0.2, 0) is 10.8 Å². The molecule has 1 nitrogen and oxygen atoms in total. The summed E-state index contributed by atoms with van der Waals surface area (Å²) >= 11 is 0. The highest BCUT2D eigenvalue weighted by molar-refractivity contribution is 6.06. The third kappa shape index (κ3) is 5.02. The van der Waals surface area contributed by atoms with Crippen LogP contribution in [0.1, 0.15) is 49.9 Å². The zero-order chi connectivity index (χ0) is 38.5. The average molecular weight is 730 g/mol. The summed E-state index contributed by atoms with van der Waals surface area (Å²) in [7, 11) is 0. The summed E-state index contributed by atoms with van der Waals surface area (Å²) in [6.07, 6.45) is 0. The van der Waals surface area contributed by atoms with Crippen LogP contribution in [0.3, 0.4) is 0 Å². The molecule has 0 radical (unpaired) electrons. The van der Waals surface area contributed by atoms with Gasteiger partial charge in [-0.25, -0.2) is 0 Å². The monoisotopic (exact) mass is 729 g/mol. The van der Waals surface area contributed by atoms with Gasteiger partial charge in [0.05, 0.1) is 0 Å². The molecule has 272 valence electrons. The lowest BCUT2D eigenvalue weighted by Crippen LogP contribution is -2.17. The molecule has 0 unspecified atom stereocenters. The molecule has 0 amide bonds. The maximum atomic E-state index is 2.47. The molecule has 0 aliphatic heterocycles. The van der Waals surface area contributed by atoms with E-state index in [-0.39, 0.29) is 10.8 Å². The predicted molar refractivity (Wildman–Crippen MR) is 242 cm³/mol. The number of hydrogen-bond donors (Lipinski definition) is 0. The van der Waals surface area contributed by atoms with Gasteiger partial charge in [0.25, 0.3) is 0 Å². The number of rotatable bonds is 5. The Bertz CT molecular complexity index is 3050.